The summed E-state index contributed by atoms with van der Waals surface area (Å²) in [5, 5.41) is 2.57. The maximum Gasteiger partial charge on any atom is 0.328 e. The van der Waals surface area contributed by atoms with Gasteiger partial charge in [0.2, 0.25) is 6.41 Å². The van der Waals surface area contributed by atoms with E-state index in [1.807, 2.05) is 54.6 Å². The first-order valence-electron chi connectivity index (χ1n) is 9.80. The van der Waals surface area contributed by atoms with Gasteiger partial charge in [0.05, 0.1) is 11.9 Å². The molecule has 1 atom stereocenters. The Hall–Kier alpha value is -3.05. The van der Waals surface area contributed by atoms with Gasteiger partial charge in [0, 0.05) is 0 Å². The van der Waals surface area contributed by atoms with Crippen molar-refractivity contribution < 1.29 is 14.3 Å². The normalized spacial score (nSPS) is 12.0. The Morgan fingerprint density at radius 3 is 1.70 bits per heavy atom. The standard InChI is InChI=1S/C25H25NO3S/c1-29-24(28)23(26-19-27)17-18-30-25(20-11-5-2-6-12-20,21-13-7-3-8-14-21)22-15-9-4-10-16-22/h2-16,19,23H,17-18H2,1H3,(H,26,27)/t23-/m0/s1. The van der Waals surface area contributed by atoms with Crippen LogP contribution in [0.3, 0.4) is 0 Å². The van der Waals surface area contributed by atoms with Crippen LogP contribution in [-0.4, -0.2) is 31.3 Å². The molecule has 0 spiro atoms. The molecule has 3 aromatic carbocycles. The lowest BCUT2D eigenvalue weighted by atomic mass is 9.84. The van der Waals surface area contributed by atoms with E-state index in [0.717, 1.165) is 16.7 Å². The molecule has 0 bridgehead atoms. The van der Waals surface area contributed by atoms with Gasteiger partial charge in [0.25, 0.3) is 0 Å². The Kier molecular flexibility index (Phi) is 7.69. The van der Waals surface area contributed by atoms with E-state index in [1.54, 1.807) is 11.8 Å². The van der Waals surface area contributed by atoms with Crippen molar-refractivity contribution >= 4 is 24.1 Å². The summed E-state index contributed by atoms with van der Waals surface area (Å²) in [6.45, 7) is 0. The Morgan fingerprint density at radius 2 is 1.33 bits per heavy atom. The number of thioether (sulfide) groups is 1. The molecule has 0 saturated heterocycles. The van der Waals surface area contributed by atoms with E-state index in [0.29, 0.717) is 18.6 Å². The molecule has 4 nitrogen and oxygen atoms in total. The summed E-state index contributed by atoms with van der Waals surface area (Å²) in [4.78, 5) is 22.9. The largest absolute Gasteiger partial charge is 0.467 e. The lowest BCUT2D eigenvalue weighted by molar-refractivity contribution is -0.144. The van der Waals surface area contributed by atoms with Gasteiger partial charge in [-0.1, -0.05) is 91.0 Å². The smallest absolute Gasteiger partial charge is 0.328 e. The monoisotopic (exact) mass is 419 g/mol. The Bertz CT molecular complexity index is 836. The van der Waals surface area contributed by atoms with Crippen molar-refractivity contribution in [3.63, 3.8) is 0 Å². The number of rotatable bonds is 10. The van der Waals surface area contributed by atoms with Crippen molar-refractivity contribution in [1.82, 2.24) is 5.32 Å². The molecule has 0 aliphatic heterocycles. The highest BCUT2D eigenvalue weighted by atomic mass is 32.2. The predicted octanol–water partition coefficient (Wildman–Crippen LogP) is 4.39. The molecule has 0 aliphatic rings. The zero-order chi connectivity index (χ0) is 21.2. The van der Waals surface area contributed by atoms with E-state index < -0.39 is 16.8 Å². The summed E-state index contributed by atoms with van der Waals surface area (Å²) in [6, 6.07) is 30.4. The van der Waals surface area contributed by atoms with Gasteiger partial charge < -0.3 is 10.1 Å². The van der Waals surface area contributed by atoms with Crippen LogP contribution in [0.1, 0.15) is 23.1 Å². The van der Waals surface area contributed by atoms with Gasteiger partial charge in [-0.2, -0.15) is 0 Å². The zero-order valence-electron chi connectivity index (χ0n) is 16.9. The minimum atomic E-state index is -0.667. The third-order valence-corrected chi connectivity index (χ3v) is 6.60. The third-order valence-electron chi connectivity index (χ3n) is 5.02. The molecule has 3 rings (SSSR count). The first-order chi connectivity index (χ1) is 14.7. The highest BCUT2D eigenvalue weighted by Gasteiger charge is 2.37. The summed E-state index contributed by atoms with van der Waals surface area (Å²) < 4.78 is 4.38. The van der Waals surface area contributed by atoms with Gasteiger partial charge >= 0.3 is 5.97 Å². The zero-order valence-corrected chi connectivity index (χ0v) is 17.7. The van der Waals surface area contributed by atoms with Crippen molar-refractivity contribution in [2.24, 2.45) is 0 Å². The van der Waals surface area contributed by atoms with Gasteiger partial charge in [-0.25, -0.2) is 4.79 Å². The van der Waals surface area contributed by atoms with Crippen molar-refractivity contribution in [2.45, 2.75) is 17.2 Å². The van der Waals surface area contributed by atoms with E-state index in [4.69, 9.17) is 4.74 Å². The van der Waals surface area contributed by atoms with Crippen LogP contribution >= 0.6 is 11.8 Å². The lowest BCUT2D eigenvalue weighted by Gasteiger charge is -2.35. The van der Waals surface area contributed by atoms with Crippen LogP contribution in [0.4, 0.5) is 0 Å². The number of carbonyl (C=O) groups excluding carboxylic acids is 2. The first kappa shape index (κ1) is 21.7. The second kappa shape index (κ2) is 10.6. The number of amides is 1. The molecule has 0 fully saturated rings. The van der Waals surface area contributed by atoms with Gasteiger partial charge in [-0.3, -0.25) is 4.79 Å². The molecule has 1 N–H and O–H groups in total. The van der Waals surface area contributed by atoms with E-state index in [1.165, 1.54) is 7.11 Å². The fraction of sp³-hybridized carbons (Fsp3) is 0.200. The molecule has 0 heterocycles. The molecule has 154 valence electrons. The molecule has 0 unspecified atom stereocenters. The minimum Gasteiger partial charge on any atom is -0.467 e. The molecule has 0 aromatic heterocycles. The van der Waals surface area contributed by atoms with Crippen molar-refractivity contribution in [2.75, 3.05) is 12.9 Å². The van der Waals surface area contributed by atoms with Crippen molar-refractivity contribution in [3.05, 3.63) is 108 Å². The quantitative estimate of drug-likeness (QED) is 0.301. The van der Waals surface area contributed by atoms with Crippen LogP contribution in [0.25, 0.3) is 0 Å². The van der Waals surface area contributed by atoms with Crippen LogP contribution in [0.5, 0.6) is 0 Å². The Labute approximate surface area is 181 Å². The molecule has 5 heteroatoms. The molecule has 1 amide bonds. The topological polar surface area (TPSA) is 55.4 Å². The number of nitrogens with one attached hydrogen (secondary N) is 1. The molecule has 3 aromatic rings. The molecule has 0 aliphatic carbocycles. The Balaban J connectivity index is 2.03. The highest BCUT2D eigenvalue weighted by molar-refractivity contribution is 8.00. The van der Waals surface area contributed by atoms with Crippen molar-refractivity contribution in [3.8, 4) is 0 Å². The number of methoxy groups -OCH3 is 1. The number of hydrogen-bond donors (Lipinski definition) is 1. The fourth-order valence-corrected chi connectivity index (χ4v) is 5.16. The number of esters is 1. The molecular weight excluding hydrogens is 394 g/mol. The number of benzene rings is 3. The molecule has 30 heavy (non-hydrogen) atoms. The second-order valence-electron chi connectivity index (χ2n) is 6.78. The van der Waals surface area contributed by atoms with Crippen LogP contribution in [0.2, 0.25) is 0 Å². The number of carbonyl (C=O) groups is 2. The highest BCUT2D eigenvalue weighted by Crippen LogP contribution is 2.48. The Morgan fingerprint density at radius 1 is 0.900 bits per heavy atom. The summed E-state index contributed by atoms with van der Waals surface area (Å²) in [6.07, 6.45) is 1.01. The lowest BCUT2D eigenvalue weighted by Crippen LogP contribution is -2.37. The summed E-state index contributed by atoms with van der Waals surface area (Å²) in [5.41, 5.74) is 3.47. The number of hydrogen-bond acceptors (Lipinski definition) is 4. The summed E-state index contributed by atoms with van der Waals surface area (Å²) in [5.74, 6) is 0.201. The summed E-state index contributed by atoms with van der Waals surface area (Å²) >= 11 is 1.75. The SMILES string of the molecule is COC(=O)[C@H](CCSC(c1ccccc1)(c1ccccc1)c1ccccc1)NC=O. The average molecular weight is 420 g/mol. The maximum absolute atomic E-state index is 12.0. The predicted molar refractivity (Wildman–Crippen MR) is 121 cm³/mol. The van der Waals surface area contributed by atoms with Gasteiger partial charge in [-0.15, -0.1) is 11.8 Å². The maximum atomic E-state index is 12.0. The van der Waals surface area contributed by atoms with Crippen LogP contribution < -0.4 is 5.32 Å². The second-order valence-corrected chi connectivity index (χ2v) is 8.09. The van der Waals surface area contributed by atoms with E-state index >= 15 is 0 Å². The van der Waals surface area contributed by atoms with Gasteiger partial charge in [-0.05, 0) is 28.9 Å². The molecular formula is C25H25NO3S. The van der Waals surface area contributed by atoms with Gasteiger partial charge in [0.15, 0.2) is 0 Å². The summed E-state index contributed by atoms with van der Waals surface area (Å²) in [7, 11) is 1.33. The molecule has 0 saturated carbocycles. The van der Waals surface area contributed by atoms with Gasteiger partial charge in [0.1, 0.15) is 6.04 Å². The van der Waals surface area contributed by atoms with Crippen LogP contribution in [-0.2, 0) is 19.1 Å². The van der Waals surface area contributed by atoms with Crippen LogP contribution in [0, 0.1) is 0 Å². The first-order valence-corrected chi connectivity index (χ1v) is 10.8. The van der Waals surface area contributed by atoms with E-state index in [9.17, 15) is 9.59 Å². The average Bonchev–Trinajstić information content (AvgIpc) is 2.82. The number of ether oxygens (including phenoxy) is 1. The van der Waals surface area contributed by atoms with E-state index in [2.05, 4.69) is 41.7 Å². The molecule has 0 radical (unpaired) electrons. The minimum absolute atomic E-state index is 0.438. The van der Waals surface area contributed by atoms with Crippen molar-refractivity contribution in [1.29, 1.82) is 0 Å². The fourth-order valence-electron chi connectivity index (χ4n) is 3.59. The van der Waals surface area contributed by atoms with Crippen LogP contribution in [0.15, 0.2) is 91.0 Å². The van der Waals surface area contributed by atoms with E-state index in [-0.39, 0.29) is 0 Å². The third kappa shape index (κ3) is 4.74.